The van der Waals surface area contributed by atoms with Gasteiger partial charge in [-0.15, -0.1) is 12.4 Å². The Morgan fingerprint density at radius 2 is 2.20 bits per heavy atom. The molecule has 15 heavy (non-hydrogen) atoms. The zero-order valence-corrected chi connectivity index (χ0v) is 10.3. The van der Waals surface area contributed by atoms with Crippen molar-refractivity contribution in [3.8, 4) is 0 Å². The maximum atomic E-state index is 6.05. The largest absolute Gasteiger partial charge is 0.374 e. The van der Waals surface area contributed by atoms with E-state index in [2.05, 4.69) is 24.1 Å². The lowest BCUT2D eigenvalue weighted by molar-refractivity contribution is -0.0517. The van der Waals surface area contributed by atoms with E-state index in [1.54, 1.807) is 0 Å². The summed E-state index contributed by atoms with van der Waals surface area (Å²) in [7, 11) is 0. The molecule has 0 aromatic heterocycles. The van der Waals surface area contributed by atoms with Gasteiger partial charge in [0.25, 0.3) is 0 Å². The molecule has 4 nitrogen and oxygen atoms in total. The van der Waals surface area contributed by atoms with Crippen molar-refractivity contribution < 1.29 is 4.74 Å². The van der Waals surface area contributed by atoms with Crippen molar-refractivity contribution in [3.63, 3.8) is 0 Å². The standard InChI is InChI=1S/C10H21N3O.ClH/c1-10(2,11)7-13-3-4-14-9-6-12-5-8(9)13;/h8-9,12H,3-7,11H2,1-2H3;1H/t8-,9+;/m1./s1. The predicted molar refractivity (Wildman–Crippen MR) is 63.5 cm³/mol. The summed E-state index contributed by atoms with van der Waals surface area (Å²) in [6, 6.07) is 0.534. The van der Waals surface area contributed by atoms with Gasteiger partial charge in [-0.2, -0.15) is 0 Å². The number of morpholine rings is 1. The third-order valence-corrected chi connectivity index (χ3v) is 2.92. The minimum atomic E-state index is -0.107. The highest BCUT2D eigenvalue weighted by atomic mass is 35.5. The number of hydrogen-bond acceptors (Lipinski definition) is 4. The average Bonchev–Trinajstić information content (AvgIpc) is 2.49. The van der Waals surface area contributed by atoms with Crippen LogP contribution in [0.5, 0.6) is 0 Å². The molecule has 0 saturated carbocycles. The van der Waals surface area contributed by atoms with E-state index in [0.717, 1.165) is 32.8 Å². The summed E-state index contributed by atoms with van der Waals surface area (Å²) in [5.41, 5.74) is 5.94. The minimum Gasteiger partial charge on any atom is -0.374 e. The molecule has 5 heteroatoms. The van der Waals surface area contributed by atoms with Crippen LogP contribution in [0.3, 0.4) is 0 Å². The van der Waals surface area contributed by atoms with Crippen molar-refractivity contribution in [1.82, 2.24) is 10.2 Å². The Balaban J connectivity index is 0.00000112. The van der Waals surface area contributed by atoms with Gasteiger partial charge in [0.15, 0.2) is 0 Å². The van der Waals surface area contributed by atoms with Gasteiger partial charge in [0.05, 0.1) is 12.7 Å². The molecule has 0 bridgehead atoms. The van der Waals surface area contributed by atoms with Crippen LogP contribution < -0.4 is 11.1 Å². The second kappa shape index (κ2) is 4.97. The van der Waals surface area contributed by atoms with Crippen LogP contribution in [0.4, 0.5) is 0 Å². The molecule has 0 aliphatic carbocycles. The van der Waals surface area contributed by atoms with Gasteiger partial charge in [0, 0.05) is 37.8 Å². The average molecular weight is 236 g/mol. The molecule has 0 radical (unpaired) electrons. The highest BCUT2D eigenvalue weighted by molar-refractivity contribution is 5.85. The highest BCUT2D eigenvalue weighted by Gasteiger charge is 2.37. The number of ether oxygens (including phenoxy) is 1. The van der Waals surface area contributed by atoms with E-state index in [4.69, 9.17) is 10.5 Å². The number of halogens is 1. The molecule has 2 heterocycles. The van der Waals surface area contributed by atoms with E-state index in [9.17, 15) is 0 Å². The Labute approximate surface area is 97.9 Å². The van der Waals surface area contributed by atoms with Crippen LogP contribution in [0, 0.1) is 0 Å². The molecular formula is C10H22ClN3O. The Hall–Kier alpha value is 0.130. The molecular weight excluding hydrogens is 214 g/mol. The Morgan fingerprint density at radius 1 is 1.47 bits per heavy atom. The fraction of sp³-hybridized carbons (Fsp3) is 1.00. The normalized spacial score (nSPS) is 32.2. The molecule has 0 unspecified atom stereocenters. The maximum absolute atomic E-state index is 6.05. The van der Waals surface area contributed by atoms with E-state index < -0.39 is 0 Å². The predicted octanol–water partition coefficient (Wildman–Crippen LogP) is -0.182. The summed E-state index contributed by atoms with van der Waals surface area (Å²) in [5.74, 6) is 0. The van der Waals surface area contributed by atoms with Gasteiger partial charge in [-0.3, -0.25) is 4.90 Å². The first-order chi connectivity index (χ1) is 6.56. The van der Waals surface area contributed by atoms with Gasteiger partial charge in [-0.05, 0) is 13.8 Å². The van der Waals surface area contributed by atoms with E-state index in [0.29, 0.717) is 12.1 Å². The molecule has 0 amide bonds. The van der Waals surface area contributed by atoms with Gasteiger partial charge in [-0.1, -0.05) is 0 Å². The molecule has 2 rings (SSSR count). The second-order valence-electron chi connectivity index (χ2n) is 5.09. The number of nitrogens with one attached hydrogen (secondary N) is 1. The first kappa shape index (κ1) is 13.2. The van der Waals surface area contributed by atoms with Crippen LogP contribution in [0.25, 0.3) is 0 Å². The zero-order chi connectivity index (χ0) is 10.2. The molecule has 2 aliphatic rings. The molecule has 0 aromatic carbocycles. The van der Waals surface area contributed by atoms with Crippen molar-refractivity contribution >= 4 is 12.4 Å². The Kier molecular flexibility index (Phi) is 4.38. The molecule has 2 fully saturated rings. The number of fused-ring (bicyclic) bond motifs is 1. The SMILES string of the molecule is CC(C)(N)CN1CCO[C@H]2CNC[C@H]21.Cl. The van der Waals surface area contributed by atoms with E-state index in [1.807, 2.05) is 0 Å². The molecule has 0 spiro atoms. The lowest BCUT2D eigenvalue weighted by atomic mass is 10.0. The van der Waals surface area contributed by atoms with Crippen LogP contribution in [0.1, 0.15) is 13.8 Å². The second-order valence-corrected chi connectivity index (χ2v) is 5.09. The smallest absolute Gasteiger partial charge is 0.0867 e. The fourth-order valence-corrected chi connectivity index (χ4v) is 2.38. The number of rotatable bonds is 2. The summed E-state index contributed by atoms with van der Waals surface area (Å²) in [6.07, 6.45) is 0.381. The van der Waals surface area contributed by atoms with E-state index in [1.165, 1.54) is 0 Å². The van der Waals surface area contributed by atoms with Gasteiger partial charge < -0.3 is 15.8 Å². The third kappa shape index (κ3) is 3.29. The van der Waals surface area contributed by atoms with Crippen LogP contribution in [-0.2, 0) is 4.74 Å². The molecule has 3 N–H and O–H groups in total. The number of nitrogens with zero attached hydrogens (tertiary/aromatic N) is 1. The van der Waals surface area contributed by atoms with Crippen LogP contribution in [0.15, 0.2) is 0 Å². The quantitative estimate of drug-likeness (QED) is 0.697. The Morgan fingerprint density at radius 3 is 2.87 bits per heavy atom. The molecule has 2 saturated heterocycles. The topological polar surface area (TPSA) is 50.5 Å². The van der Waals surface area contributed by atoms with Gasteiger partial charge in [0.1, 0.15) is 0 Å². The van der Waals surface area contributed by atoms with Gasteiger partial charge in [-0.25, -0.2) is 0 Å². The first-order valence-corrected chi connectivity index (χ1v) is 5.41. The monoisotopic (exact) mass is 235 g/mol. The summed E-state index contributed by atoms with van der Waals surface area (Å²) >= 11 is 0. The highest BCUT2D eigenvalue weighted by Crippen LogP contribution is 2.18. The van der Waals surface area contributed by atoms with Crippen molar-refractivity contribution in [3.05, 3.63) is 0 Å². The lowest BCUT2D eigenvalue weighted by Crippen LogP contribution is -2.56. The summed E-state index contributed by atoms with van der Waals surface area (Å²) < 4.78 is 5.70. The summed E-state index contributed by atoms with van der Waals surface area (Å²) in [4.78, 5) is 2.47. The molecule has 90 valence electrons. The molecule has 2 aliphatic heterocycles. The maximum Gasteiger partial charge on any atom is 0.0867 e. The number of hydrogen-bond donors (Lipinski definition) is 2. The van der Waals surface area contributed by atoms with Crippen LogP contribution >= 0.6 is 12.4 Å². The Bertz CT molecular complexity index is 207. The summed E-state index contributed by atoms with van der Waals surface area (Å²) in [6.45, 7) is 9.02. The third-order valence-electron chi connectivity index (χ3n) is 2.92. The van der Waals surface area contributed by atoms with E-state index >= 15 is 0 Å². The van der Waals surface area contributed by atoms with Gasteiger partial charge in [0.2, 0.25) is 0 Å². The van der Waals surface area contributed by atoms with Crippen molar-refractivity contribution in [1.29, 1.82) is 0 Å². The first-order valence-electron chi connectivity index (χ1n) is 5.41. The van der Waals surface area contributed by atoms with Gasteiger partial charge >= 0.3 is 0 Å². The van der Waals surface area contributed by atoms with Crippen LogP contribution in [-0.4, -0.2) is 55.4 Å². The molecule has 0 aromatic rings. The van der Waals surface area contributed by atoms with Crippen LogP contribution in [0.2, 0.25) is 0 Å². The van der Waals surface area contributed by atoms with Crippen molar-refractivity contribution in [2.45, 2.75) is 31.5 Å². The molecule has 2 atom stereocenters. The van der Waals surface area contributed by atoms with Crippen molar-refractivity contribution in [2.75, 3.05) is 32.8 Å². The lowest BCUT2D eigenvalue weighted by Gasteiger charge is -2.40. The van der Waals surface area contributed by atoms with E-state index in [-0.39, 0.29) is 17.9 Å². The number of nitrogens with two attached hydrogens (primary N) is 1. The fourth-order valence-electron chi connectivity index (χ4n) is 2.38. The summed E-state index contributed by atoms with van der Waals surface area (Å²) in [5, 5.41) is 3.37. The van der Waals surface area contributed by atoms with Crippen molar-refractivity contribution in [2.24, 2.45) is 5.73 Å². The zero-order valence-electron chi connectivity index (χ0n) is 9.53. The minimum absolute atomic E-state index is 0.